The van der Waals surface area contributed by atoms with Crippen molar-refractivity contribution < 1.29 is 9.47 Å². The van der Waals surface area contributed by atoms with Crippen LogP contribution in [0.25, 0.3) is 0 Å². The lowest BCUT2D eigenvalue weighted by atomic mass is 10.0. The van der Waals surface area contributed by atoms with Crippen molar-refractivity contribution in [3.8, 4) is 0 Å². The van der Waals surface area contributed by atoms with Gasteiger partial charge in [-0.3, -0.25) is 4.99 Å². The van der Waals surface area contributed by atoms with Gasteiger partial charge in [0.25, 0.3) is 0 Å². The van der Waals surface area contributed by atoms with Gasteiger partial charge in [0.05, 0.1) is 0 Å². The van der Waals surface area contributed by atoms with Crippen LogP contribution in [-0.2, 0) is 15.9 Å². The molecule has 0 bridgehead atoms. The first-order valence-electron chi connectivity index (χ1n) is 9.73. The van der Waals surface area contributed by atoms with Gasteiger partial charge in [-0.2, -0.15) is 0 Å². The molecule has 1 aromatic rings. The number of hydrogen-bond acceptors (Lipinski definition) is 3. The van der Waals surface area contributed by atoms with E-state index in [1.54, 1.807) is 13.1 Å². The molecule has 1 heterocycles. The highest BCUT2D eigenvalue weighted by Gasteiger charge is 2.13. The Labute approximate surface area is 172 Å². The summed E-state index contributed by atoms with van der Waals surface area (Å²) in [5.41, 5.74) is 1.12. The first kappa shape index (κ1) is 22.3. The maximum atomic E-state index is 6.20. The normalized spacial score (nSPS) is 15.7. The molecule has 1 aliphatic heterocycles. The molecule has 1 aliphatic rings. The van der Waals surface area contributed by atoms with Crippen LogP contribution in [0.15, 0.2) is 23.2 Å². The molecule has 2 rings (SSSR count). The van der Waals surface area contributed by atoms with Crippen molar-refractivity contribution in [1.29, 1.82) is 0 Å². The summed E-state index contributed by atoms with van der Waals surface area (Å²) in [6.45, 7) is 5.05. The predicted octanol–water partition coefficient (Wildman–Crippen LogP) is 3.92. The molecule has 0 unspecified atom stereocenters. The van der Waals surface area contributed by atoms with Gasteiger partial charge < -0.3 is 20.1 Å². The average Bonchev–Trinajstić information content (AvgIpc) is 2.68. The Hall–Kier alpha value is -1.01. The second-order valence-electron chi connectivity index (χ2n) is 6.75. The van der Waals surface area contributed by atoms with Crippen molar-refractivity contribution in [2.45, 2.75) is 32.1 Å². The first-order chi connectivity index (χ1) is 13.2. The van der Waals surface area contributed by atoms with Crippen LogP contribution >= 0.6 is 23.2 Å². The number of guanidine groups is 1. The lowest BCUT2D eigenvalue weighted by Gasteiger charge is -2.21. The summed E-state index contributed by atoms with van der Waals surface area (Å²) in [6.07, 6.45) is 5.08. The minimum Gasteiger partial charge on any atom is -0.381 e. The summed E-state index contributed by atoms with van der Waals surface area (Å²) in [6, 6.07) is 5.65. The number of benzene rings is 1. The standard InChI is InChI=1S/C20H31Cl2N3O2/c1-23-20(24-9-2-4-17-5-6-18(21)14-19(17)22)25-10-3-11-27-15-16-7-12-26-13-8-16/h5-6,14,16H,2-4,7-13,15H2,1H3,(H2,23,24,25). The van der Waals surface area contributed by atoms with Crippen LogP contribution in [0.3, 0.4) is 0 Å². The summed E-state index contributed by atoms with van der Waals surface area (Å²) in [4.78, 5) is 4.25. The number of aryl methyl sites for hydroxylation is 1. The molecule has 7 heteroatoms. The molecular formula is C20H31Cl2N3O2. The maximum absolute atomic E-state index is 6.20. The fourth-order valence-electron chi connectivity index (χ4n) is 2.97. The fourth-order valence-corrected chi connectivity index (χ4v) is 3.48. The Kier molecular flexibility index (Phi) is 10.9. The molecule has 2 N–H and O–H groups in total. The van der Waals surface area contributed by atoms with Gasteiger partial charge in [0.15, 0.2) is 5.96 Å². The minimum atomic E-state index is 0.662. The summed E-state index contributed by atoms with van der Waals surface area (Å²) in [5.74, 6) is 1.48. The second kappa shape index (κ2) is 13.2. The third-order valence-electron chi connectivity index (χ3n) is 4.61. The molecule has 0 aromatic heterocycles. The van der Waals surface area contributed by atoms with Crippen LogP contribution < -0.4 is 10.6 Å². The average molecular weight is 416 g/mol. The van der Waals surface area contributed by atoms with Crippen LogP contribution in [0.2, 0.25) is 10.0 Å². The van der Waals surface area contributed by atoms with Crippen LogP contribution in [0.5, 0.6) is 0 Å². The SMILES string of the molecule is CN=C(NCCCOCC1CCOCC1)NCCCc1ccc(Cl)cc1Cl. The van der Waals surface area contributed by atoms with Crippen LogP contribution in [0.1, 0.15) is 31.2 Å². The maximum Gasteiger partial charge on any atom is 0.190 e. The van der Waals surface area contributed by atoms with Gasteiger partial charge >= 0.3 is 0 Å². The van der Waals surface area contributed by atoms with E-state index < -0.39 is 0 Å². The zero-order chi connectivity index (χ0) is 19.3. The lowest BCUT2D eigenvalue weighted by molar-refractivity contribution is 0.0203. The van der Waals surface area contributed by atoms with Gasteiger partial charge in [0, 0.05) is 56.6 Å². The minimum absolute atomic E-state index is 0.662. The third-order valence-corrected chi connectivity index (χ3v) is 5.19. The Morgan fingerprint density at radius 1 is 1.19 bits per heavy atom. The van der Waals surface area contributed by atoms with Crippen molar-refractivity contribution in [2.24, 2.45) is 10.9 Å². The van der Waals surface area contributed by atoms with E-state index in [4.69, 9.17) is 32.7 Å². The number of aliphatic imine (C=N–C) groups is 1. The van der Waals surface area contributed by atoms with Crippen LogP contribution in [-0.4, -0.2) is 52.5 Å². The molecule has 0 saturated carbocycles. The Balaban J connectivity index is 1.50. The van der Waals surface area contributed by atoms with E-state index >= 15 is 0 Å². The number of halogens is 2. The van der Waals surface area contributed by atoms with E-state index in [-0.39, 0.29) is 0 Å². The molecule has 1 aromatic carbocycles. The summed E-state index contributed by atoms with van der Waals surface area (Å²) in [7, 11) is 1.78. The highest BCUT2D eigenvalue weighted by Crippen LogP contribution is 2.21. The molecule has 1 fully saturated rings. The lowest BCUT2D eigenvalue weighted by Crippen LogP contribution is -2.38. The molecule has 0 aliphatic carbocycles. The van der Waals surface area contributed by atoms with E-state index in [1.165, 1.54) is 0 Å². The molecular weight excluding hydrogens is 385 g/mol. The molecule has 27 heavy (non-hydrogen) atoms. The molecule has 0 radical (unpaired) electrons. The Morgan fingerprint density at radius 3 is 2.63 bits per heavy atom. The topological polar surface area (TPSA) is 54.9 Å². The van der Waals surface area contributed by atoms with E-state index in [9.17, 15) is 0 Å². The smallest absolute Gasteiger partial charge is 0.190 e. The van der Waals surface area contributed by atoms with E-state index in [0.29, 0.717) is 10.9 Å². The number of nitrogens with zero attached hydrogens (tertiary/aromatic N) is 1. The second-order valence-corrected chi connectivity index (χ2v) is 7.59. The molecule has 152 valence electrons. The molecule has 0 spiro atoms. The van der Waals surface area contributed by atoms with E-state index in [1.807, 2.05) is 12.1 Å². The van der Waals surface area contributed by atoms with E-state index in [2.05, 4.69) is 15.6 Å². The number of rotatable bonds is 10. The predicted molar refractivity (Wildman–Crippen MR) is 113 cm³/mol. The first-order valence-corrected chi connectivity index (χ1v) is 10.5. The quantitative estimate of drug-likeness (QED) is 0.345. The van der Waals surface area contributed by atoms with Gasteiger partial charge in [0.1, 0.15) is 0 Å². The third kappa shape index (κ3) is 9.15. The van der Waals surface area contributed by atoms with Gasteiger partial charge in [-0.05, 0) is 55.7 Å². The van der Waals surface area contributed by atoms with Gasteiger partial charge in [0.2, 0.25) is 0 Å². The van der Waals surface area contributed by atoms with Gasteiger partial charge in [-0.1, -0.05) is 29.3 Å². The van der Waals surface area contributed by atoms with E-state index in [0.717, 1.165) is 88.2 Å². The highest BCUT2D eigenvalue weighted by molar-refractivity contribution is 6.35. The number of ether oxygens (including phenoxy) is 2. The zero-order valence-corrected chi connectivity index (χ0v) is 17.6. The monoisotopic (exact) mass is 415 g/mol. The Bertz CT molecular complexity index is 578. The van der Waals surface area contributed by atoms with Crippen molar-refractivity contribution in [3.05, 3.63) is 33.8 Å². The highest BCUT2D eigenvalue weighted by atomic mass is 35.5. The largest absolute Gasteiger partial charge is 0.381 e. The van der Waals surface area contributed by atoms with Crippen molar-refractivity contribution >= 4 is 29.2 Å². The van der Waals surface area contributed by atoms with Gasteiger partial charge in [-0.15, -0.1) is 0 Å². The number of nitrogens with one attached hydrogen (secondary N) is 2. The molecule has 5 nitrogen and oxygen atoms in total. The molecule has 1 saturated heterocycles. The summed E-state index contributed by atoms with van der Waals surface area (Å²) >= 11 is 12.1. The Morgan fingerprint density at radius 2 is 1.93 bits per heavy atom. The summed E-state index contributed by atoms with van der Waals surface area (Å²) in [5, 5.41) is 8.05. The van der Waals surface area contributed by atoms with Gasteiger partial charge in [-0.25, -0.2) is 0 Å². The zero-order valence-electron chi connectivity index (χ0n) is 16.1. The number of hydrogen-bond donors (Lipinski definition) is 2. The van der Waals surface area contributed by atoms with Crippen LogP contribution in [0.4, 0.5) is 0 Å². The summed E-state index contributed by atoms with van der Waals surface area (Å²) < 4.78 is 11.1. The van der Waals surface area contributed by atoms with Crippen molar-refractivity contribution in [3.63, 3.8) is 0 Å². The van der Waals surface area contributed by atoms with Crippen molar-refractivity contribution in [2.75, 3.05) is 46.6 Å². The van der Waals surface area contributed by atoms with Crippen molar-refractivity contribution in [1.82, 2.24) is 10.6 Å². The van der Waals surface area contributed by atoms with Crippen LogP contribution in [0, 0.1) is 5.92 Å². The molecule has 0 atom stereocenters. The fraction of sp³-hybridized carbons (Fsp3) is 0.650. The molecule has 0 amide bonds.